The number of hydrogen-bond donors (Lipinski definition) is 1. The third-order valence-electron chi connectivity index (χ3n) is 2.65. The maximum absolute atomic E-state index is 12.5. The first-order chi connectivity index (χ1) is 8.90. The van der Waals surface area contributed by atoms with Gasteiger partial charge in [-0.3, -0.25) is 4.90 Å². The zero-order valence-electron chi connectivity index (χ0n) is 10.2. The molecule has 0 bridgehead atoms. The van der Waals surface area contributed by atoms with Crippen LogP contribution < -0.4 is 0 Å². The number of aliphatic hydroxyl groups is 1. The first-order valence-corrected chi connectivity index (χ1v) is 5.66. The van der Waals surface area contributed by atoms with Crippen molar-refractivity contribution in [3.63, 3.8) is 0 Å². The third kappa shape index (κ3) is 3.24. The number of rotatable bonds is 4. The first kappa shape index (κ1) is 13.8. The zero-order valence-corrected chi connectivity index (χ0v) is 10.2. The summed E-state index contributed by atoms with van der Waals surface area (Å²) in [6.07, 6.45) is -4.39. The van der Waals surface area contributed by atoms with Gasteiger partial charge in [0.15, 0.2) is 5.58 Å². The van der Waals surface area contributed by atoms with Crippen LogP contribution in [0.25, 0.3) is 11.1 Å². The Bertz CT molecular complexity index is 566. The lowest BCUT2D eigenvalue weighted by atomic mass is 10.2. The number of hydrogen-bond acceptors (Lipinski definition) is 4. The summed E-state index contributed by atoms with van der Waals surface area (Å²) >= 11 is 0. The van der Waals surface area contributed by atoms with E-state index in [2.05, 4.69) is 4.98 Å². The Hall–Kier alpha value is -1.60. The molecule has 1 N–H and O–H groups in total. The van der Waals surface area contributed by atoms with Crippen LogP contribution in [0.5, 0.6) is 0 Å². The molecule has 0 amide bonds. The molecule has 2 aromatic rings. The average molecular weight is 274 g/mol. The summed E-state index contributed by atoms with van der Waals surface area (Å²) in [6.45, 7) is 0.762. The maximum atomic E-state index is 12.5. The highest BCUT2D eigenvalue weighted by Gasteiger charge is 2.31. The van der Waals surface area contributed by atoms with Crippen molar-refractivity contribution in [1.82, 2.24) is 9.88 Å². The van der Waals surface area contributed by atoms with Gasteiger partial charge in [-0.15, -0.1) is 0 Å². The van der Waals surface area contributed by atoms with Crippen LogP contribution in [0.3, 0.4) is 0 Å². The molecular weight excluding hydrogens is 261 g/mol. The third-order valence-corrected chi connectivity index (χ3v) is 2.65. The second-order valence-electron chi connectivity index (χ2n) is 4.25. The number of alkyl halides is 3. The van der Waals surface area contributed by atoms with E-state index in [9.17, 15) is 13.2 Å². The molecule has 2 rings (SSSR count). The fourth-order valence-electron chi connectivity index (χ4n) is 1.70. The van der Waals surface area contributed by atoms with E-state index in [1.165, 1.54) is 6.07 Å². The summed E-state index contributed by atoms with van der Waals surface area (Å²) in [5.74, 6) is 0.324. The average Bonchev–Trinajstić information content (AvgIpc) is 2.68. The highest BCUT2D eigenvalue weighted by Crippen LogP contribution is 2.31. The molecule has 0 fully saturated rings. The van der Waals surface area contributed by atoms with Gasteiger partial charge in [0, 0.05) is 6.54 Å². The summed E-state index contributed by atoms with van der Waals surface area (Å²) in [5.41, 5.74) is -0.244. The van der Waals surface area contributed by atoms with Crippen LogP contribution in [-0.4, -0.2) is 35.2 Å². The van der Waals surface area contributed by atoms with Crippen LogP contribution in [0.1, 0.15) is 11.5 Å². The predicted octanol–water partition coefficient (Wildman–Crippen LogP) is 2.27. The lowest BCUT2D eigenvalue weighted by Gasteiger charge is -2.11. The SMILES string of the molecule is CN(CCO)Cc1nc2cc(C(F)(F)F)ccc2o1. The molecule has 0 saturated carbocycles. The number of fused-ring (bicyclic) bond motifs is 1. The van der Waals surface area contributed by atoms with Crippen molar-refractivity contribution >= 4 is 11.1 Å². The molecule has 4 nitrogen and oxygen atoms in total. The second kappa shape index (κ2) is 5.18. The van der Waals surface area contributed by atoms with Gasteiger partial charge in [-0.25, -0.2) is 4.98 Å². The van der Waals surface area contributed by atoms with Gasteiger partial charge in [-0.2, -0.15) is 13.2 Å². The van der Waals surface area contributed by atoms with Crippen molar-refractivity contribution in [3.8, 4) is 0 Å². The van der Waals surface area contributed by atoms with E-state index in [-0.39, 0.29) is 12.1 Å². The fraction of sp³-hybridized carbons (Fsp3) is 0.417. The Morgan fingerprint density at radius 2 is 2.11 bits per heavy atom. The van der Waals surface area contributed by atoms with Crippen LogP contribution >= 0.6 is 0 Å². The Balaban J connectivity index is 2.26. The van der Waals surface area contributed by atoms with E-state index in [1.54, 1.807) is 11.9 Å². The van der Waals surface area contributed by atoms with Gasteiger partial charge in [0.1, 0.15) is 5.52 Å². The lowest BCUT2D eigenvalue weighted by molar-refractivity contribution is -0.137. The molecule has 1 aromatic carbocycles. The van der Waals surface area contributed by atoms with Gasteiger partial charge >= 0.3 is 6.18 Å². The summed E-state index contributed by atoms with van der Waals surface area (Å²) in [5, 5.41) is 8.76. The Labute approximate surface area is 107 Å². The van der Waals surface area contributed by atoms with Gasteiger partial charge < -0.3 is 9.52 Å². The highest BCUT2D eigenvalue weighted by atomic mass is 19.4. The number of likely N-dealkylation sites (N-methyl/N-ethyl adjacent to an activating group) is 1. The summed E-state index contributed by atoms with van der Waals surface area (Å²) < 4.78 is 43.0. The van der Waals surface area contributed by atoms with Gasteiger partial charge in [-0.05, 0) is 25.2 Å². The molecule has 0 unspecified atom stereocenters. The second-order valence-corrected chi connectivity index (χ2v) is 4.25. The molecule has 0 saturated heterocycles. The van der Waals surface area contributed by atoms with Crippen LogP contribution in [0.4, 0.5) is 13.2 Å². The number of benzene rings is 1. The number of aliphatic hydroxyl groups excluding tert-OH is 1. The van der Waals surface area contributed by atoms with E-state index in [1.807, 2.05) is 0 Å². The molecule has 7 heteroatoms. The quantitative estimate of drug-likeness (QED) is 0.929. The molecule has 0 aliphatic heterocycles. The first-order valence-electron chi connectivity index (χ1n) is 5.66. The van der Waals surface area contributed by atoms with Gasteiger partial charge in [0.05, 0.1) is 18.7 Å². The number of halogens is 3. The molecule has 1 heterocycles. The number of oxazole rings is 1. The van der Waals surface area contributed by atoms with Crippen LogP contribution in [0, 0.1) is 0 Å². The normalized spacial score (nSPS) is 12.5. The largest absolute Gasteiger partial charge is 0.439 e. The van der Waals surface area contributed by atoms with Crippen molar-refractivity contribution in [1.29, 1.82) is 0 Å². The highest BCUT2D eigenvalue weighted by molar-refractivity contribution is 5.73. The standard InChI is InChI=1S/C12H13F3N2O2/c1-17(4-5-18)7-11-16-9-6-8(12(13,14)15)2-3-10(9)19-11/h2-3,6,18H,4-5,7H2,1H3. The van der Waals surface area contributed by atoms with Crippen LogP contribution in [0.15, 0.2) is 22.6 Å². The molecule has 0 aliphatic rings. The van der Waals surface area contributed by atoms with Crippen LogP contribution in [-0.2, 0) is 12.7 Å². The summed E-state index contributed by atoms with van der Waals surface area (Å²) in [4.78, 5) is 5.78. The fourth-order valence-corrected chi connectivity index (χ4v) is 1.70. The van der Waals surface area contributed by atoms with E-state index in [0.717, 1.165) is 12.1 Å². The Kier molecular flexibility index (Phi) is 3.77. The molecule has 0 radical (unpaired) electrons. The minimum Gasteiger partial charge on any atom is -0.439 e. The molecule has 0 aliphatic carbocycles. The maximum Gasteiger partial charge on any atom is 0.416 e. The predicted molar refractivity (Wildman–Crippen MR) is 62.4 cm³/mol. The minimum absolute atomic E-state index is 0.00501. The summed E-state index contributed by atoms with van der Waals surface area (Å²) in [7, 11) is 1.76. The van der Waals surface area contributed by atoms with Crippen molar-refractivity contribution in [2.24, 2.45) is 0 Å². The molecular formula is C12H13F3N2O2. The van der Waals surface area contributed by atoms with Gasteiger partial charge in [-0.1, -0.05) is 0 Å². The van der Waals surface area contributed by atoms with E-state index in [4.69, 9.17) is 9.52 Å². The molecule has 19 heavy (non-hydrogen) atoms. The van der Waals surface area contributed by atoms with Gasteiger partial charge in [0.2, 0.25) is 5.89 Å². The summed E-state index contributed by atoms with van der Waals surface area (Å²) in [6, 6.07) is 3.20. The molecule has 0 atom stereocenters. The molecule has 1 aromatic heterocycles. The molecule has 0 spiro atoms. The van der Waals surface area contributed by atoms with Crippen LogP contribution in [0.2, 0.25) is 0 Å². The van der Waals surface area contributed by atoms with Crippen molar-refractivity contribution < 1.29 is 22.7 Å². The van der Waals surface area contributed by atoms with E-state index >= 15 is 0 Å². The van der Waals surface area contributed by atoms with E-state index in [0.29, 0.717) is 24.6 Å². The van der Waals surface area contributed by atoms with Crippen molar-refractivity contribution in [2.75, 3.05) is 20.2 Å². The smallest absolute Gasteiger partial charge is 0.416 e. The topological polar surface area (TPSA) is 49.5 Å². The van der Waals surface area contributed by atoms with E-state index < -0.39 is 11.7 Å². The zero-order chi connectivity index (χ0) is 14.0. The molecule has 104 valence electrons. The van der Waals surface area contributed by atoms with Crippen molar-refractivity contribution in [2.45, 2.75) is 12.7 Å². The van der Waals surface area contributed by atoms with Gasteiger partial charge in [0.25, 0.3) is 0 Å². The lowest BCUT2D eigenvalue weighted by Crippen LogP contribution is -2.21. The minimum atomic E-state index is -4.39. The Morgan fingerprint density at radius 1 is 1.37 bits per heavy atom. The monoisotopic (exact) mass is 274 g/mol. The number of nitrogens with zero attached hydrogens (tertiary/aromatic N) is 2. The Morgan fingerprint density at radius 3 is 2.74 bits per heavy atom. The number of aromatic nitrogens is 1. The van der Waals surface area contributed by atoms with Crippen molar-refractivity contribution in [3.05, 3.63) is 29.7 Å².